The fourth-order valence-electron chi connectivity index (χ4n) is 1.91. The first-order valence-corrected chi connectivity index (χ1v) is 7.70. The van der Waals surface area contributed by atoms with Crippen LogP contribution in [0.3, 0.4) is 0 Å². The smallest absolute Gasteiger partial charge is 0.191 e. The first kappa shape index (κ1) is 13.4. The molecule has 1 aromatic rings. The van der Waals surface area contributed by atoms with Gasteiger partial charge in [0, 0.05) is 6.04 Å². The van der Waals surface area contributed by atoms with Crippen molar-refractivity contribution in [1.82, 2.24) is 5.32 Å². The predicted octanol–water partition coefficient (Wildman–Crippen LogP) is 1.80. The molecule has 4 nitrogen and oxygen atoms in total. The van der Waals surface area contributed by atoms with E-state index >= 15 is 0 Å². The summed E-state index contributed by atoms with van der Waals surface area (Å²) in [5, 5.41) is 3.05. The number of hydrogen-bond acceptors (Lipinski definition) is 4. The van der Waals surface area contributed by atoms with Crippen molar-refractivity contribution >= 4 is 9.84 Å². The van der Waals surface area contributed by atoms with Gasteiger partial charge in [0.25, 0.3) is 0 Å². The van der Waals surface area contributed by atoms with Gasteiger partial charge in [0.1, 0.15) is 11.6 Å². The Morgan fingerprint density at radius 2 is 1.94 bits per heavy atom. The Labute approximate surface area is 108 Å². The minimum absolute atomic E-state index is 0.0181. The van der Waals surface area contributed by atoms with Crippen LogP contribution in [-0.4, -0.2) is 27.4 Å². The summed E-state index contributed by atoms with van der Waals surface area (Å²) < 4.78 is 29.7. The molecule has 0 radical (unpaired) electrons. The van der Waals surface area contributed by atoms with Crippen molar-refractivity contribution in [3.8, 4) is 5.75 Å². The van der Waals surface area contributed by atoms with E-state index in [9.17, 15) is 8.42 Å². The van der Waals surface area contributed by atoms with E-state index in [1.807, 2.05) is 6.92 Å². The van der Waals surface area contributed by atoms with Crippen LogP contribution in [0.15, 0.2) is 17.0 Å². The van der Waals surface area contributed by atoms with Crippen molar-refractivity contribution in [2.45, 2.75) is 37.6 Å². The van der Waals surface area contributed by atoms with Crippen LogP contribution in [0.2, 0.25) is 0 Å². The summed E-state index contributed by atoms with van der Waals surface area (Å²) in [6, 6.07) is 3.86. The standard InChI is InChI=1S/C13H19NO3S/c1-9-7-13(10(2)6-12(9)17-3)18(15,16)8-14-11-4-5-11/h6-7,11,14H,4-5,8H2,1-3H3. The molecule has 0 aromatic heterocycles. The number of aryl methyl sites for hydroxylation is 2. The topological polar surface area (TPSA) is 55.4 Å². The lowest BCUT2D eigenvalue weighted by atomic mass is 10.1. The molecule has 1 aliphatic carbocycles. The SMILES string of the molecule is COc1cc(C)c(S(=O)(=O)CNC2CC2)cc1C. The maximum atomic E-state index is 12.2. The molecule has 0 heterocycles. The number of ether oxygens (including phenoxy) is 1. The molecule has 1 saturated carbocycles. The van der Waals surface area contributed by atoms with E-state index in [2.05, 4.69) is 5.32 Å². The van der Waals surface area contributed by atoms with Gasteiger partial charge in [0.05, 0.1) is 12.0 Å². The largest absolute Gasteiger partial charge is 0.496 e. The van der Waals surface area contributed by atoms with E-state index in [4.69, 9.17) is 4.74 Å². The molecule has 0 spiro atoms. The summed E-state index contributed by atoms with van der Waals surface area (Å²) in [5.41, 5.74) is 1.57. The maximum absolute atomic E-state index is 12.2. The van der Waals surface area contributed by atoms with Crippen molar-refractivity contribution in [3.63, 3.8) is 0 Å². The Hall–Kier alpha value is -1.07. The molecule has 5 heteroatoms. The Morgan fingerprint density at radius 1 is 1.28 bits per heavy atom. The van der Waals surface area contributed by atoms with Crippen molar-refractivity contribution in [1.29, 1.82) is 0 Å². The monoisotopic (exact) mass is 269 g/mol. The van der Waals surface area contributed by atoms with Gasteiger partial charge in [0.15, 0.2) is 9.84 Å². The second kappa shape index (κ2) is 4.90. The third kappa shape index (κ3) is 2.84. The Kier molecular flexibility index (Phi) is 3.64. The second-order valence-corrected chi connectivity index (χ2v) is 6.78. The van der Waals surface area contributed by atoms with Gasteiger partial charge < -0.3 is 10.1 Å². The molecule has 2 rings (SSSR count). The van der Waals surface area contributed by atoms with Gasteiger partial charge in [-0.25, -0.2) is 8.42 Å². The van der Waals surface area contributed by atoms with E-state index in [-0.39, 0.29) is 5.88 Å². The molecule has 100 valence electrons. The fourth-order valence-corrected chi connectivity index (χ4v) is 3.43. The molecule has 0 amide bonds. The van der Waals surface area contributed by atoms with Crippen LogP contribution in [0.4, 0.5) is 0 Å². The summed E-state index contributed by atoms with van der Waals surface area (Å²) in [6.07, 6.45) is 2.16. The highest BCUT2D eigenvalue weighted by molar-refractivity contribution is 7.91. The van der Waals surface area contributed by atoms with E-state index in [0.29, 0.717) is 10.9 Å². The number of nitrogens with one attached hydrogen (secondary N) is 1. The number of sulfone groups is 1. The summed E-state index contributed by atoms with van der Waals surface area (Å²) >= 11 is 0. The molecule has 1 N–H and O–H groups in total. The van der Waals surface area contributed by atoms with Crippen LogP contribution < -0.4 is 10.1 Å². The number of hydrogen-bond donors (Lipinski definition) is 1. The molecular weight excluding hydrogens is 250 g/mol. The summed E-state index contributed by atoms with van der Waals surface area (Å²) in [7, 11) is -1.67. The zero-order chi connectivity index (χ0) is 13.3. The van der Waals surface area contributed by atoms with Gasteiger partial charge >= 0.3 is 0 Å². The average molecular weight is 269 g/mol. The number of benzene rings is 1. The fraction of sp³-hybridized carbons (Fsp3) is 0.538. The van der Waals surface area contributed by atoms with Crippen LogP contribution >= 0.6 is 0 Å². The maximum Gasteiger partial charge on any atom is 0.191 e. The van der Waals surface area contributed by atoms with Crippen LogP contribution in [0, 0.1) is 13.8 Å². The molecule has 0 bridgehead atoms. The van der Waals surface area contributed by atoms with Gasteiger partial charge in [-0.15, -0.1) is 0 Å². The van der Waals surface area contributed by atoms with E-state index in [0.717, 1.165) is 29.7 Å². The third-order valence-electron chi connectivity index (χ3n) is 3.17. The normalized spacial score (nSPS) is 15.7. The lowest BCUT2D eigenvalue weighted by Crippen LogP contribution is -2.25. The van der Waals surface area contributed by atoms with Gasteiger partial charge in [0.2, 0.25) is 0 Å². The molecule has 1 fully saturated rings. The van der Waals surface area contributed by atoms with Gasteiger partial charge in [-0.05, 0) is 49.9 Å². The van der Waals surface area contributed by atoms with Crippen LogP contribution in [0.25, 0.3) is 0 Å². The molecular formula is C13H19NO3S. The Morgan fingerprint density at radius 3 is 2.50 bits per heavy atom. The first-order chi connectivity index (χ1) is 8.44. The van der Waals surface area contributed by atoms with Gasteiger partial charge in [-0.3, -0.25) is 0 Å². The Balaban J connectivity index is 2.28. The summed E-state index contributed by atoms with van der Waals surface area (Å²) in [4.78, 5) is 0.397. The number of rotatable bonds is 5. The molecule has 1 aliphatic rings. The lowest BCUT2D eigenvalue weighted by Gasteiger charge is -2.12. The molecule has 0 atom stereocenters. The zero-order valence-electron chi connectivity index (χ0n) is 11.0. The van der Waals surface area contributed by atoms with Crippen LogP contribution in [-0.2, 0) is 9.84 Å². The van der Waals surface area contributed by atoms with Crippen molar-refractivity contribution in [3.05, 3.63) is 23.3 Å². The van der Waals surface area contributed by atoms with Gasteiger partial charge in [-0.1, -0.05) is 0 Å². The van der Waals surface area contributed by atoms with Crippen molar-refractivity contribution in [2.24, 2.45) is 0 Å². The van der Waals surface area contributed by atoms with Crippen LogP contribution in [0.5, 0.6) is 5.75 Å². The lowest BCUT2D eigenvalue weighted by molar-refractivity contribution is 0.411. The molecule has 1 aromatic carbocycles. The van der Waals surface area contributed by atoms with Crippen molar-refractivity contribution in [2.75, 3.05) is 13.0 Å². The molecule has 0 unspecified atom stereocenters. The first-order valence-electron chi connectivity index (χ1n) is 6.05. The average Bonchev–Trinajstić information content (AvgIpc) is 3.13. The summed E-state index contributed by atoms with van der Waals surface area (Å²) in [5.74, 6) is 0.742. The highest BCUT2D eigenvalue weighted by Gasteiger charge is 2.25. The predicted molar refractivity (Wildman–Crippen MR) is 70.7 cm³/mol. The Bertz CT molecular complexity index is 548. The minimum Gasteiger partial charge on any atom is -0.496 e. The highest BCUT2D eigenvalue weighted by atomic mass is 32.2. The quantitative estimate of drug-likeness (QED) is 0.885. The summed E-state index contributed by atoms with van der Waals surface area (Å²) in [6.45, 7) is 3.65. The zero-order valence-corrected chi connectivity index (χ0v) is 11.8. The van der Waals surface area contributed by atoms with E-state index < -0.39 is 9.84 Å². The number of methoxy groups -OCH3 is 1. The van der Waals surface area contributed by atoms with E-state index in [1.165, 1.54) is 0 Å². The molecule has 18 heavy (non-hydrogen) atoms. The minimum atomic E-state index is -3.26. The third-order valence-corrected chi connectivity index (χ3v) is 4.82. The van der Waals surface area contributed by atoms with E-state index in [1.54, 1.807) is 26.2 Å². The van der Waals surface area contributed by atoms with Crippen molar-refractivity contribution < 1.29 is 13.2 Å². The van der Waals surface area contributed by atoms with Crippen LogP contribution in [0.1, 0.15) is 24.0 Å². The molecule has 0 saturated heterocycles. The second-order valence-electron chi connectivity index (χ2n) is 4.82. The highest BCUT2D eigenvalue weighted by Crippen LogP contribution is 2.26. The van der Waals surface area contributed by atoms with Gasteiger partial charge in [-0.2, -0.15) is 0 Å². The molecule has 0 aliphatic heterocycles.